The monoisotopic (exact) mass is 400 g/mol. The average molecular weight is 401 g/mol. The molecule has 5 heteroatoms. The van der Waals surface area contributed by atoms with Crippen LogP contribution in [0.5, 0.6) is 0 Å². The van der Waals surface area contributed by atoms with E-state index in [1.807, 2.05) is 30.3 Å². The summed E-state index contributed by atoms with van der Waals surface area (Å²) in [6.45, 7) is 1.64. The number of ether oxygens (including phenoxy) is 1. The van der Waals surface area contributed by atoms with E-state index < -0.39 is 0 Å². The fourth-order valence-corrected chi connectivity index (χ4v) is 3.08. The molecule has 2 heterocycles. The van der Waals surface area contributed by atoms with E-state index in [1.54, 1.807) is 0 Å². The van der Waals surface area contributed by atoms with Gasteiger partial charge in [0.1, 0.15) is 11.0 Å². The molecule has 0 bridgehead atoms. The van der Waals surface area contributed by atoms with Crippen molar-refractivity contribution in [1.82, 2.24) is 9.97 Å². The molecule has 0 amide bonds. The van der Waals surface area contributed by atoms with Crippen LogP contribution in [-0.2, 0) is 11.2 Å². The Hall–Kier alpha value is -0.720. The van der Waals surface area contributed by atoms with Crippen LogP contribution in [0.25, 0.3) is 11.3 Å². The summed E-state index contributed by atoms with van der Waals surface area (Å²) in [4.78, 5) is 9.12. The molecule has 1 saturated heterocycles. The van der Waals surface area contributed by atoms with Gasteiger partial charge in [0.25, 0.3) is 0 Å². The van der Waals surface area contributed by atoms with Gasteiger partial charge in [-0.05, 0) is 34.9 Å². The maximum Gasteiger partial charge on any atom is 0.146 e. The zero-order valence-electron chi connectivity index (χ0n) is 10.9. The second-order valence-electron chi connectivity index (χ2n) is 4.89. The fraction of sp³-hybridized carbons (Fsp3) is 0.333. The first kappa shape index (κ1) is 14.2. The predicted octanol–water partition coefficient (Wildman–Crippen LogP) is 3.98. The minimum absolute atomic E-state index is 0.509. The van der Waals surface area contributed by atoms with Crippen molar-refractivity contribution in [2.24, 2.45) is 5.92 Å². The molecule has 0 aliphatic carbocycles. The van der Waals surface area contributed by atoms with Gasteiger partial charge in [0.05, 0.1) is 9.26 Å². The molecule has 1 atom stereocenters. The summed E-state index contributed by atoms with van der Waals surface area (Å²) in [5, 5.41) is 0.536. The predicted molar refractivity (Wildman–Crippen MR) is 87.8 cm³/mol. The number of hydrogen-bond donors (Lipinski definition) is 0. The zero-order valence-corrected chi connectivity index (χ0v) is 13.8. The van der Waals surface area contributed by atoms with Gasteiger partial charge in [0.2, 0.25) is 0 Å². The van der Waals surface area contributed by atoms with Crippen molar-refractivity contribution in [1.29, 1.82) is 0 Å². The van der Waals surface area contributed by atoms with Crippen molar-refractivity contribution < 1.29 is 4.74 Å². The summed E-state index contributed by atoms with van der Waals surface area (Å²) in [6.07, 6.45) is 1.91. The Balaban J connectivity index is 1.95. The molecule has 1 fully saturated rings. The summed E-state index contributed by atoms with van der Waals surface area (Å²) >= 11 is 8.47. The lowest BCUT2D eigenvalue weighted by Crippen LogP contribution is -2.09. The van der Waals surface area contributed by atoms with Gasteiger partial charge in [-0.2, -0.15) is 0 Å². The molecule has 1 aliphatic heterocycles. The molecule has 3 nitrogen and oxygen atoms in total. The Morgan fingerprint density at radius 2 is 2.05 bits per heavy atom. The molecule has 20 heavy (non-hydrogen) atoms. The molecule has 2 aromatic rings. The van der Waals surface area contributed by atoms with Crippen molar-refractivity contribution in [2.75, 3.05) is 13.2 Å². The van der Waals surface area contributed by atoms with Crippen molar-refractivity contribution in [3.63, 3.8) is 0 Å². The molecular weight excluding hydrogens is 387 g/mol. The number of rotatable bonds is 3. The Bertz CT molecular complexity index is 600. The Morgan fingerprint density at radius 3 is 2.75 bits per heavy atom. The van der Waals surface area contributed by atoms with Gasteiger partial charge in [-0.15, -0.1) is 0 Å². The van der Waals surface area contributed by atoms with Crippen LogP contribution < -0.4 is 0 Å². The van der Waals surface area contributed by atoms with E-state index in [0.717, 1.165) is 46.7 Å². The fourth-order valence-electron chi connectivity index (χ4n) is 2.34. The first-order valence-corrected chi connectivity index (χ1v) is 8.05. The minimum atomic E-state index is 0.509. The van der Waals surface area contributed by atoms with Gasteiger partial charge < -0.3 is 4.74 Å². The number of hydrogen-bond acceptors (Lipinski definition) is 3. The molecule has 0 saturated carbocycles. The van der Waals surface area contributed by atoms with E-state index >= 15 is 0 Å². The van der Waals surface area contributed by atoms with E-state index in [2.05, 4.69) is 27.6 Å². The van der Waals surface area contributed by atoms with Crippen molar-refractivity contribution >= 4 is 34.2 Å². The SMILES string of the molecule is Clc1nc(CC2CCOC2)nc(-c2ccccc2)c1I. The maximum absolute atomic E-state index is 6.26. The van der Waals surface area contributed by atoms with Crippen molar-refractivity contribution in [2.45, 2.75) is 12.8 Å². The zero-order chi connectivity index (χ0) is 13.9. The van der Waals surface area contributed by atoms with Gasteiger partial charge in [0, 0.05) is 25.2 Å². The third kappa shape index (κ3) is 3.13. The summed E-state index contributed by atoms with van der Waals surface area (Å²) < 4.78 is 6.31. The summed E-state index contributed by atoms with van der Waals surface area (Å²) in [5.41, 5.74) is 1.99. The first-order valence-electron chi connectivity index (χ1n) is 6.59. The van der Waals surface area contributed by atoms with Crippen molar-refractivity contribution in [3.8, 4) is 11.3 Å². The van der Waals surface area contributed by atoms with Gasteiger partial charge in [-0.3, -0.25) is 0 Å². The van der Waals surface area contributed by atoms with Gasteiger partial charge >= 0.3 is 0 Å². The molecule has 1 aromatic carbocycles. The Morgan fingerprint density at radius 1 is 1.25 bits per heavy atom. The van der Waals surface area contributed by atoms with E-state index in [0.29, 0.717) is 11.1 Å². The van der Waals surface area contributed by atoms with E-state index in [-0.39, 0.29) is 0 Å². The largest absolute Gasteiger partial charge is 0.381 e. The Kier molecular flexibility index (Phi) is 4.53. The molecule has 0 radical (unpaired) electrons. The molecule has 104 valence electrons. The number of nitrogens with zero attached hydrogens (tertiary/aromatic N) is 2. The molecule has 3 rings (SSSR count). The highest BCUT2D eigenvalue weighted by atomic mass is 127. The Labute approximate surface area is 136 Å². The molecule has 1 unspecified atom stereocenters. The normalized spacial score (nSPS) is 18.4. The van der Waals surface area contributed by atoms with Gasteiger partial charge in [0.15, 0.2) is 0 Å². The smallest absolute Gasteiger partial charge is 0.146 e. The van der Waals surface area contributed by atoms with Crippen LogP contribution in [0.3, 0.4) is 0 Å². The quantitative estimate of drug-likeness (QED) is 0.577. The highest BCUT2D eigenvalue weighted by molar-refractivity contribution is 14.1. The maximum atomic E-state index is 6.26. The molecule has 1 aliphatic rings. The average Bonchev–Trinajstić information content (AvgIpc) is 2.96. The highest BCUT2D eigenvalue weighted by Gasteiger charge is 2.19. The lowest BCUT2D eigenvalue weighted by molar-refractivity contribution is 0.185. The number of halogens is 2. The topological polar surface area (TPSA) is 35.0 Å². The minimum Gasteiger partial charge on any atom is -0.381 e. The van der Waals surface area contributed by atoms with Gasteiger partial charge in [-0.25, -0.2) is 9.97 Å². The summed E-state index contributed by atoms with van der Waals surface area (Å²) in [5.74, 6) is 1.32. The van der Waals surface area contributed by atoms with E-state index in [1.165, 1.54) is 0 Å². The highest BCUT2D eigenvalue weighted by Crippen LogP contribution is 2.28. The van der Waals surface area contributed by atoms with Crippen LogP contribution in [0, 0.1) is 9.49 Å². The van der Waals surface area contributed by atoms with E-state index in [9.17, 15) is 0 Å². The van der Waals surface area contributed by atoms with Crippen LogP contribution in [0.1, 0.15) is 12.2 Å². The van der Waals surface area contributed by atoms with E-state index in [4.69, 9.17) is 21.3 Å². The van der Waals surface area contributed by atoms with Crippen LogP contribution in [-0.4, -0.2) is 23.2 Å². The second kappa shape index (κ2) is 6.37. The van der Waals surface area contributed by atoms with Crippen LogP contribution in [0.4, 0.5) is 0 Å². The number of benzene rings is 1. The molecule has 0 N–H and O–H groups in total. The second-order valence-corrected chi connectivity index (χ2v) is 6.33. The molecule has 0 spiro atoms. The standard InChI is InChI=1S/C15H14ClIN2O/c16-15-13(17)14(11-4-2-1-3-5-11)18-12(19-15)8-10-6-7-20-9-10/h1-5,10H,6-9H2. The summed E-state index contributed by atoms with van der Waals surface area (Å²) in [7, 11) is 0. The van der Waals surface area contributed by atoms with Crippen LogP contribution in [0.15, 0.2) is 30.3 Å². The third-order valence-electron chi connectivity index (χ3n) is 3.40. The third-order valence-corrected chi connectivity index (χ3v) is 5.01. The first-order chi connectivity index (χ1) is 9.74. The lowest BCUT2D eigenvalue weighted by atomic mass is 10.0. The summed E-state index contributed by atoms with van der Waals surface area (Å²) in [6, 6.07) is 10.1. The van der Waals surface area contributed by atoms with Crippen LogP contribution in [0.2, 0.25) is 5.15 Å². The molecular formula is C15H14ClIN2O. The lowest BCUT2D eigenvalue weighted by Gasteiger charge is -2.10. The van der Waals surface area contributed by atoms with Crippen molar-refractivity contribution in [3.05, 3.63) is 44.9 Å². The van der Waals surface area contributed by atoms with Crippen LogP contribution >= 0.6 is 34.2 Å². The number of aromatic nitrogens is 2. The molecule has 1 aromatic heterocycles. The van der Waals surface area contributed by atoms with Gasteiger partial charge in [-0.1, -0.05) is 41.9 Å².